The number of hydrogen-bond acceptors (Lipinski definition) is 2. The Bertz CT molecular complexity index is 1300. The van der Waals surface area contributed by atoms with E-state index in [4.69, 9.17) is 0 Å². The molecule has 0 saturated carbocycles. The summed E-state index contributed by atoms with van der Waals surface area (Å²) in [5.74, 6) is 1.36. The fourth-order valence-electron chi connectivity index (χ4n) is 7.37. The number of rotatable bonds is 7. The normalized spacial score (nSPS) is 21.3. The molecule has 2 nitrogen and oxygen atoms in total. The summed E-state index contributed by atoms with van der Waals surface area (Å²) in [6, 6.07) is 39.3. The largest absolute Gasteiger partial charge is 0.299 e. The van der Waals surface area contributed by atoms with Crippen LogP contribution in [0.5, 0.6) is 0 Å². The van der Waals surface area contributed by atoms with Crippen LogP contribution in [0.3, 0.4) is 0 Å². The van der Waals surface area contributed by atoms with Crippen molar-refractivity contribution in [1.29, 1.82) is 0 Å². The maximum atomic E-state index is 2.83. The monoisotopic (exact) mass is 574 g/mol. The van der Waals surface area contributed by atoms with Crippen LogP contribution in [0.2, 0.25) is 0 Å². The van der Waals surface area contributed by atoms with Crippen molar-refractivity contribution in [2.24, 2.45) is 5.92 Å². The highest BCUT2D eigenvalue weighted by Crippen LogP contribution is 2.40. The van der Waals surface area contributed by atoms with E-state index < -0.39 is 0 Å². The van der Waals surface area contributed by atoms with Gasteiger partial charge in [-0.05, 0) is 92.0 Å². The maximum absolute atomic E-state index is 2.83. The summed E-state index contributed by atoms with van der Waals surface area (Å²) < 4.78 is 0. The number of hydrogen-bond donors (Lipinski definition) is 0. The zero-order valence-electron chi connectivity index (χ0n) is 23.7. The second kappa shape index (κ2) is 14.5. The number of benzene rings is 4. The van der Waals surface area contributed by atoms with E-state index in [2.05, 4.69) is 120 Å². The molecule has 2 saturated heterocycles. The lowest BCUT2D eigenvalue weighted by atomic mass is 9.77. The summed E-state index contributed by atoms with van der Waals surface area (Å²) in [5, 5.41) is 2.82. The van der Waals surface area contributed by atoms with Gasteiger partial charge in [0, 0.05) is 24.5 Å². The Balaban J connectivity index is 0.00000185. The first-order valence-electron chi connectivity index (χ1n) is 14.8. The third kappa shape index (κ3) is 6.92. The molecule has 2 aliphatic rings. The van der Waals surface area contributed by atoms with Crippen molar-refractivity contribution in [2.45, 2.75) is 63.6 Å². The lowest BCUT2D eigenvalue weighted by Crippen LogP contribution is -2.56. The number of nitrogens with zero attached hydrogens (tertiary/aromatic N) is 2. The van der Waals surface area contributed by atoms with Crippen molar-refractivity contribution in [3.05, 3.63) is 120 Å². The standard InChI is InChI=1S/C36H42N2.2ClH/c1-28(37-24-21-30(22-25-37)26-29-12-4-2-5-13-29)36-35(34-19-10-17-32-16-8-9-18-33(32)34)20-11-23-38(36)27-31-14-6-3-7-15-31;;/h2-10,12-19,28,30,35-36H,11,20-27H2,1H3;2*1H. The number of halogens is 2. The molecular weight excluding hydrogens is 531 g/mol. The van der Waals surface area contributed by atoms with Gasteiger partial charge in [-0.1, -0.05) is 103 Å². The van der Waals surface area contributed by atoms with E-state index in [9.17, 15) is 0 Å². The summed E-state index contributed by atoms with van der Waals surface area (Å²) >= 11 is 0. The molecule has 2 fully saturated rings. The molecule has 4 aromatic carbocycles. The van der Waals surface area contributed by atoms with Crippen LogP contribution in [0.1, 0.15) is 55.2 Å². The minimum absolute atomic E-state index is 0. The molecule has 2 aliphatic heterocycles. The van der Waals surface area contributed by atoms with E-state index in [-0.39, 0.29) is 24.8 Å². The van der Waals surface area contributed by atoms with Gasteiger partial charge in [0.2, 0.25) is 0 Å². The van der Waals surface area contributed by atoms with E-state index >= 15 is 0 Å². The third-order valence-corrected chi connectivity index (χ3v) is 9.33. The lowest BCUT2D eigenvalue weighted by Gasteiger charge is -2.49. The molecule has 0 aliphatic carbocycles. The zero-order chi connectivity index (χ0) is 25.7. The summed E-state index contributed by atoms with van der Waals surface area (Å²) in [7, 11) is 0. The van der Waals surface area contributed by atoms with Gasteiger partial charge in [0.25, 0.3) is 0 Å². The van der Waals surface area contributed by atoms with Crippen molar-refractivity contribution in [1.82, 2.24) is 9.80 Å². The predicted molar refractivity (Wildman–Crippen MR) is 175 cm³/mol. The Kier molecular flexibility index (Phi) is 11.1. The van der Waals surface area contributed by atoms with Crippen LogP contribution in [0.4, 0.5) is 0 Å². The first-order chi connectivity index (χ1) is 18.8. The summed E-state index contributed by atoms with van der Waals surface area (Å²) in [4.78, 5) is 5.65. The van der Waals surface area contributed by atoms with Gasteiger partial charge in [-0.25, -0.2) is 0 Å². The molecule has 2 heterocycles. The SMILES string of the molecule is CC(C1C(c2cccc3ccccc23)CCCN1Cc1ccccc1)N1CCC(Cc2ccccc2)CC1.Cl.Cl. The second-order valence-electron chi connectivity index (χ2n) is 11.7. The molecule has 4 aromatic rings. The second-order valence-corrected chi connectivity index (χ2v) is 11.7. The Morgan fingerprint density at radius 2 is 1.30 bits per heavy atom. The van der Waals surface area contributed by atoms with Crippen molar-refractivity contribution < 1.29 is 0 Å². The van der Waals surface area contributed by atoms with Crippen LogP contribution in [-0.4, -0.2) is 41.5 Å². The molecule has 40 heavy (non-hydrogen) atoms. The quantitative estimate of drug-likeness (QED) is 0.217. The summed E-state index contributed by atoms with van der Waals surface area (Å²) in [5.41, 5.74) is 4.48. The van der Waals surface area contributed by atoms with E-state index in [0.717, 1.165) is 12.5 Å². The summed E-state index contributed by atoms with van der Waals surface area (Å²) in [6.45, 7) is 7.20. The smallest absolute Gasteiger partial charge is 0.0321 e. The van der Waals surface area contributed by atoms with Gasteiger partial charge >= 0.3 is 0 Å². The topological polar surface area (TPSA) is 6.48 Å². The van der Waals surface area contributed by atoms with Crippen LogP contribution < -0.4 is 0 Å². The fraction of sp³-hybridized carbons (Fsp3) is 0.389. The minimum Gasteiger partial charge on any atom is -0.299 e. The fourth-order valence-corrected chi connectivity index (χ4v) is 7.37. The molecule has 6 rings (SSSR count). The molecule has 212 valence electrons. The van der Waals surface area contributed by atoms with Gasteiger partial charge in [0.05, 0.1) is 0 Å². The molecule has 0 amide bonds. The molecular formula is C36H44Cl2N2. The number of piperidine rings is 2. The van der Waals surface area contributed by atoms with Crippen molar-refractivity contribution >= 4 is 35.6 Å². The van der Waals surface area contributed by atoms with Gasteiger partial charge < -0.3 is 0 Å². The first kappa shape index (κ1) is 30.6. The predicted octanol–water partition coefficient (Wildman–Crippen LogP) is 8.77. The van der Waals surface area contributed by atoms with E-state index in [1.165, 1.54) is 73.6 Å². The lowest BCUT2D eigenvalue weighted by molar-refractivity contribution is 0.0251. The van der Waals surface area contributed by atoms with E-state index in [1.807, 2.05) is 0 Å². The molecule has 0 N–H and O–H groups in total. The van der Waals surface area contributed by atoms with Crippen molar-refractivity contribution in [3.8, 4) is 0 Å². The Morgan fingerprint density at radius 3 is 2.02 bits per heavy atom. The van der Waals surface area contributed by atoms with Crippen molar-refractivity contribution in [3.63, 3.8) is 0 Å². The van der Waals surface area contributed by atoms with E-state index in [0.29, 0.717) is 18.0 Å². The van der Waals surface area contributed by atoms with Crippen LogP contribution in [0.25, 0.3) is 10.8 Å². The maximum Gasteiger partial charge on any atom is 0.0321 e. The average Bonchev–Trinajstić information content (AvgIpc) is 2.98. The molecule has 3 atom stereocenters. The van der Waals surface area contributed by atoms with Gasteiger partial charge in [-0.2, -0.15) is 0 Å². The first-order valence-corrected chi connectivity index (χ1v) is 14.8. The molecule has 4 heteroatoms. The van der Waals surface area contributed by atoms with Crippen molar-refractivity contribution in [2.75, 3.05) is 19.6 Å². The summed E-state index contributed by atoms with van der Waals surface area (Å²) in [6.07, 6.45) is 6.39. The molecule has 0 spiro atoms. The average molecular weight is 576 g/mol. The third-order valence-electron chi connectivity index (χ3n) is 9.33. The molecule has 3 unspecified atom stereocenters. The van der Waals surface area contributed by atoms with Crippen LogP contribution in [-0.2, 0) is 13.0 Å². The number of fused-ring (bicyclic) bond motifs is 1. The Hall–Kier alpha value is -2.36. The Morgan fingerprint density at radius 1 is 0.675 bits per heavy atom. The van der Waals surface area contributed by atoms with Gasteiger partial charge in [-0.3, -0.25) is 9.80 Å². The molecule has 0 bridgehead atoms. The van der Waals surface area contributed by atoms with E-state index in [1.54, 1.807) is 5.56 Å². The van der Waals surface area contributed by atoms with Crippen LogP contribution in [0.15, 0.2) is 103 Å². The van der Waals surface area contributed by atoms with Crippen LogP contribution in [0, 0.1) is 5.92 Å². The minimum atomic E-state index is 0. The molecule has 0 aromatic heterocycles. The van der Waals surface area contributed by atoms with Crippen LogP contribution >= 0.6 is 24.8 Å². The highest BCUT2D eigenvalue weighted by molar-refractivity contribution is 5.86. The van der Waals surface area contributed by atoms with Gasteiger partial charge in [-0.15, -0.1) is 24.8 Å². The Labute approximate surface area is 253 Å². The highest BCUT2D eigenvalue weighted by atomic mass is 35.5. The van der Waals surface area contributed by atoms with Gasteiger partial charge in [0.1, 0.15) is 0 Å². The van der Waals surface area contributed by atoms with Gasteiger partial charge in [0.15, 0.2) is 0 Å². The molecule has 0 radical (unpaired) electrons. The zero-order valence-corrected chi connectivity index (χ0v) is 25.3. The highest BCUT2D eigenvalue weighted by Gasteiger charge is 2.39. The number of likely N-dealkylation sites (tertiary alicyclic amines) is 2.